The van der Waals surface area contributed by atoms with Crippen molar-refractivity contribution < 1.29 is 4.79 Å². The van der Waals surface area contributed by atoms with E-state index in [0.717, 1.165) is 0 Å². The van der Waals surface area contributed by atoms with Gasteiger partial charge < -0.3 is 0 Å². The molecule has 2 heterocycles. The molecular formula is C5Cl2N4O. The van der Waals surface area contributed by atoms with E-state index in [1.54, 1.807) is 0 Å². The van der Waals surface area contributed by atoms with Gasteiger partial charge in [0.2, 0.25) is 5.29 Å². The highest BCUT2D eigenvalue weighted by Gasteiger charge is 2.26. The molecule has 0 unspecified atom stereocenters. The smallest absolute Gasteiger partial charge is 0.244 e. The van der Waals surface area contributed by atoms with E-state index in [9.17, 15) is 4.79 Å². The minimum atomic E-state index is -0.691. The van der Waals surface area contributed by atoms with E-state index in [0.29, 0.717) is 0 Å². The van der Waals surface area contributed by atoms with Gasteiger partial charge in [0.25, 0.3) is 0 Å². The molecule has 0 atom stereocenters. The maximum atomic E-state index is 10.7. The van der Waals surface area contributed by atoms with Crippen LogP contribution in [0.25, 0.3) is 0 Å². The number of urea groups is 1. The quantitative estimate of drug-likeness (QED) is 0.545. The van der Waals surface area contributed by atoms with Crippen molar-refractivity contribution in [2.24, 2.45) is 20.0 Å². The molecular weight excluding hydrogens is 203 g/mol. The summed E-state index contributed by atoms with van der Waals surface area (Å²) in [5, 5.41) is -0.0174. The summed E-state index contributed by atoms with van der Waals surface area (Å²) >= 11 is 11.0. The van der Waals surface area contributed by atoms with Gasteiger partial charge in [0.1, 0.15) is 5.71 Å². The molecule has 0 saturated carbocycles. The van der Waals surface area contributed by atoms with Crippen molar-refractivity contribution in [3.63, 3.8) is 0 Å². The van der Waals surface area contributed by atoms with E-state index in [4.69, 9.17) is 23.2 Å². The summed E-state index contributed by atoms with van der Waals surface area (Å²) in [6, 6.07) is -0.691. The lowest BCUT2D eigenvalue weighted by Gasteiger charge is -2.00. The Hall–Kier alpha value is -1.07. The van der Waals surface area contributed by atoms with Crippen LogP contribution in [0.1, 0.15) is 0 Å². The average molecular weight is 203 g/mol. The molecule has 60 valence electrons. The molecule has 5 nitrogen and oxygen atoms in total. The van der Waals surface area contributed by atoms with Gasteiger partial charge in [-0.1, -0.05) is 11.6 Å². The third kappa shape index (κ3) is 1.07. The van der Waals surface area contributed by atoms with Gasteiger partial charge in [0, 0.05) is 0 Å². The summed E-state index contributed by atoms with van der Waals surface area (Å²) in [6.07, 6.45) is 0. The van der Waals surface area contributed by atoms with Crippen molar-refractivity contribution in [1.82, 2.24) is 0 Å². The Morgan fingerprint density at radius 2 is 1.75 bits per heavy atom. The normalized spacial score (nSPS) is 21.0. The number of amides is 2. The highest BCUT2D eigenvalue weighted by Crippen LogP contribution is 2.11. The molecule has 2 aliphatic heterocycles. The SMILES string of the molecule is O=C1N=C(Cl)C2=NC(Cl)=NC2=N1. The topological polar surface area (TPSA) is 66.5 Å². The number of hydrogen-bond acceptors (Lipinski definition) is 3. The van der Waals surface area contributed by atoms with Crippen molar-refractivity contribution >= 4 is 51.2 Å². The Kier molecular flexibility index (Phi) is 1.55. The second-order valence-electron chi connectivity index (χ2n) is 1.96. The van der Waals surface area contributed by atoms with Gasteiger partial charge in [0.05, 0.1) is 0 Å². The third-order valence-electron chi connectivity index (χ3n) is 1.20. The zero-order valence-electron chi connectivity index (χ0n) is 5.45. The summed E-state index contributed by atoms with van der Waals surface area (Å²) in [5.74, 6) is 0.130. The van der Waals surface area contributed by atoms with Crippen LogP contribution in [0.15, 0.2) is 20.0 Å². The molecule has 12 heavy (non-hydrogen) atoms. The Labute approximate surface area is 76.5 Å². The number of rotatable bonds is 0. The molecule has 0 aromatic carbocycles. The molecule has 0 aromatic heterocycles. The predicted molar refractivity (Wildman–Crippen MR) is 46.8 cm³/mol. The van der Waals surface area contributed by atoms with Gasteiger partial charge in [0.15, 0.2) is 11.0 Å². The fourth-order valence-electron chi connectivity index (χ4n) is 0.776. The molecule has 0 radical (unpaired) electrons. The van der Waals surface area contributed by atoms with Gasteiger partial charge in [-0.3, -0.25) is 0 Å². The first kappa shape index (κ1) is 7.57. The van der Waals surface area contributed by atoms with E-state index in [1.807, 2.05) is 0 Å². The van der Waals surface area contributed by atoms with Crippen molar-refractivity contribution in [2.45, 2.75) is 0 Å². The van der Waals surface area contributed by atoms with Gasteiger partial charge in [-0.2, -0.15) is 15.0 Å². The van der Waals surface area contributed by atoms with Crippen molar-refractivity contribution in [3.05, 3.63) is 0 Å². The van der Waals surface area contributed by atoms with E-state index < -0.39 is 6.03 Å². The first-order valence-electron chi connectivity index (χ1n) is 2.87. The Balaban J connectivity index is 2.54. The lowest BCUT2D eigenvalue weighted by molar-refractivity contribution is 0.257. The predicted octanol–water partition coefficient (Wildman–Crippen LogP) is 1.21. The highest BCUT2D eigenvalue weighted by atomic mass is 35.5. The maximum absolute atomic E-state index is 10.7. The second-order valence-corrected chi connectivity index (χ2v) is 2.66. The fraction of sp³-hybridized carbons (Fsp3) is 0. The van der Waals surface area contributed by atoms with Crippen LogP contribution < -0.4 is 0 Å². The lowest BCUT2D eigenvalue weighted by Crippen LogP contribution is -2.21. The maximum Gasteiger partial charge on any atom is 0.370 e. The largest absolute Gasteiger partial charge is 0.370 e. The molecule has 0 aromatic rings. The van der Waals surface area contributed by atoms with Crippen molar-refractivity contribution in [1.29, 1.82) is 0 Å². The zero-order valence-corrected chi connectivity index (χ0v) is 6.96. The summed E-state index contributed by atoms with van der Waals surface area (Å²) in [5.41, 5.74) is 0.251. The van der Waals surface area contributed by atoms with Crippen LogP contribution in [0.4, 0.5) is 4.79 Å². The highest BCUT2D eigenvalue weighted by molar-refractivity contribution is 6.96. The molecule has 0 bridgehead atoms. The van der Waals surface area contributed by atoms with Gasteiger partial charge in [-0.25, -0.2) is 9.79 Å². The standard InChI is InChI=1S/C5Cl2N4O/c6-2-1-3(10-4(7)8-1)11-5(12)9-2. The van der Waals surface area contributed by atoms with Gasteiger partial charge >= 0.3 is 6.03 Å². The van der Waals surface area contributed by atoms with Crippen molar-refractivity contribution in [2.75, 3.05) is 0 Å². The number of carbonyl (C=O) groups excluding carboxylic acids is 1. The molecule has 2 amide bonds. The lowest BCUT2D eigenvalue weighted by atomic mass is 10.3. The Morgan fingerprint density at radius 3 is 2.50 bits per heavy atom. The molecule has 0 fully saturated rings. The molecule has 0 aliphatic carbocycles. The van der Waals surface area contributed by atoms with E-state index in [1.165, 1.54) is 0 Å². The number of nitrogens with zero attached hydrogens (tertiary/aromatic N) is 4. The Morgan fingerprint density at radius 1 is 1.00 bits per heavy atom. The summed E-state index contributed by atoms with van der Waals surface area (Å²) in [7, 11) is 0. The van der Waals surface area contributed by atoms with E-state index >= 15 is 0 Å². The minimum Gasteiger partial charge on any atom is -0.244 e. The molecule has 2 aliphatic rings. The van der Waals surface area contributed by atoms with Gasteiger partial charge in [-0.15, -0.1) is 0 Å². The fourth-order valence-corrected chi connectivity index (χ4v) is 1.14. The number of amidine groups is 2. The summed E-state index contributed by atoms with van der Waals surface area (Å²) < 4.78 is 0. The molecule has 0 N–H and O–H groups in total. The second kappa shape index (κ2) is 2.46. The van der Waals surface area contributed by atoms with E-state index in [-0.39, 0.29) is 22.0 Å². The van der Waals surface area contributed by atoms with Crippen LogP contribution in [0, 0.1) is 0 Å². The monoisotopic (exact) mass is 202 g/mol. The van der Waals surface area contributed by atoms with Crippen molar-refractivity contribution in [3.8, 4) is 0 Å². The van der Waals surface area contributed by atoms with Crippen LogP contribution in [-0.2, 0) is 0 Å². The number of hydrogen-bond donors (Lipinski definition) is 0. The third-order valence-corrected chi connectivity index (χ3v) is 1.64. The number of halogens is 2. The molecule has 7 heteroatoms. The average Bonchev–Trinajstić information content (AvgIpc) is 2.29. The number of aliphatic imine (C=N–C) groups is 4. The zero-order chi connectivity index (χ0) is 8.72. The van der Waals surface area contributed by atoms with Crippen LogP contribution in [-0.4, -0.2) is 28.0 Å². The van der Waals surface area contributed by atoms with Gasteiger partial charge in [-0.05, 0) is 11.6 Å². The van der Waals surface area contributed by atoms with Crippen LogP contribution in [0.2, 0.25) is 0 Å². The molecule has 0 spiro atoms. The van der Waals surface area contributed by atoms with Crippen LogP contribution in [0.3, 0.4) is 0 Å². The molecule has 0 saturated heterocycles. The first-order chi connectivity index (χ1) is 5.66. The molecule has 2 rings (SSSR count). The van der Waals surface area contributed by atoms with Crippen LogP contribution >= 0.6 is 23.2 Å². The van der Waals surface area contributed by atoms with Crippen LogP contribution in [0.5, 0.6) is 0 Å². The van der Waals surface area contributed by atoms with E-state index in [2.05, 4.69) is 20.0 Å². The first-order valence-corrected chi connectivity index (χ1v) is 3.63. The number of carbonyl (C=O) groups is 1. The Bertz CT molecular complexity index is 386. The summed E-state index contributed by atoms with van der Waals surface area (Å²) in [4.78, 5) is 24.9. The number of fused-ring (bicyclic) bond motifs is 1. The summed E-state index contributed by atoms with van der Waals surface area (Å²) in [6.45, 7) is 0. The minimum absolute atomic E-state index is 0.00630.